The summed E-state index contributed by atoms with van der Waals surface area (Å²) in [5, 5.41) is 6.28. The maximum absolute atomic E-state index is 12.6. The van der Waals surface area contributed by atoms with E-state index in [2.05, 4.69) is 15.6 Å². The molecule has 30 heavy (non-hydrogen) atoms. The molecular formula is C23H32N4O3. The highest BCUT2D eigenvalue weighted by molar-refractivity contribution is 5.96. The van der Waals surface area contributed by atoms with Crippen LogP contribution in [0.25, 0.3) is 0 Å². The third kappa shape index (κ3) is 8.13. The van der Waals surface area contributed by atoms with E-state index in [0.29, 0.717) is 32.3 Å². The number of hydrogen-bond acceptors (Lipinski definition) is 4. The molecule has 162 valence electrons. The van der Waals surface area contributed by atoms with E-state index in [9.17, 15) is 4.79 Å². The minimum atomic E-state index is 0.0135. The molecule has 0 aromatic heterocycles. The van der Waals surface area contributed by atoms with Crippen LogP contribution in [0.3, 0.4) is 0 Å². The van der Waals surface area contributed by atoms with Crippen molar-refractivity contribution in [1.29, 1.82) is 0 Å². The quantitative estimate of drug-likeness (QED) is 0.337. The molecule has 2 rings (SSSR count). The van der Waals surface area contributed by atoms with E-state index < -0.39 is 0 Å². The van der Waals surface area contributed by atoms with Crippen molar-refractivity contribution in [3.05, 3.63) is 60.2 Å². The molecule has 0 aliphatic heterocycles. The van der Waals surface area contributed by atoms with Crippen LogP contribution in [-0.2, 0) is 16.1 Å². The van der Waals surface area contributed by atoms with Gasteiger partial charge in [0, 0.05) is 52.0 Å². The Labute approximate surface area is 179 Å². The van der Waals surface area contributed by atoms with E-state index in [1.165, 1.54) is 0 Å². The first-order chi connectivity index (χ1) is 14.7. The van der Waals surface area contributed by atoms with E-state index in [-0.39, 0.29) is 12.5 Å². The summed E-state index contributed by atoms with van der Waals surface area (Å²) in [6.45, 7) is 4.63. The van der Waals surface area contributed by atoms with Crippen LogP contribution in [0.5, 0.6) is 5.75 Å². The molecule has 0 heterocycles. The van der Waals surface area contributed by atoms with Gasteiger partial charge in [-0.15, -0.1) is 0 Å². The van der Waals surface area contributed by atoms with Gasteiger partial charge in [-0.3, -0.25) is 9.79 Å². The van der Waals surface area contributed by atoms with Gasteiger partial charge < -0.3 is 25.0 Å². The van der Waals surface area contributed by atoms with Crippen molar-refractivity contribution >= 4 is 17.6 Å². The van der Waals surface area contributed by atoms with Gasteiger partial charge in [-0.1, -0.05) is 36.4 Å². The monoisotopic (exact) mass is 412 g/mol. The largest absolute Gasteiger partial charge is 0.493 e. The smallest absolute Gasteiger partial charge is 0.242 e. The Morgan fingerprint density at radius 2 is 1.90 bits per heavy atom. The molecule has 0 bridgehead atoms. The number of ether oxygens (including phenoxy) is 2. The number of amides is 1. The molecule has 1 amide bonds. The topological polar surface area (TPSA) is 75.2 Å². The predicted octanol–water partition coefficient (Wildman–Crippen LogP) is 3.14. The Morgan fingerprint density at radius 3 is 2.60 bits per heavy atom. The van der Waals surface area contributed by atoms with Crippen LogP contribution in [0.2, 0.25) is 0 Å². The van der Waals surface area contributed by atoms with E-state index in [1.807, 2.05) is 66.4 Å². The summed E-state index contributed by atoms with van der Waals surface area (Å²) >= 11 is 0. The Hall–Kier alpha value is -3.06. The van der Waals surface area contributed by atoms with E-state index in [4.69, 9.17) is 9.47 Å². The molecule has 2 N–H and O–H groups in total. The summed E-state index contributed by atoms with van der Waals surface area (Å²) in [5.74, 6) is 1.30. The molecule has 0 saturated heterocycles. The summed E-state index contributed by atoms with van der Waals surface area (Å²) in [4.78, 5) is 18.6. The predicted molar refractivity (Wildman–Crippen MR) is 121 cm³/mol. The zero-order chi connectivity index (χ0) is 21.6. The third-order valence-corrected chi connectivity index (χ3v) is 4.44. The van der Waals surface area contributed by atoms with Crippen LogP contribution >= 0.6 is 0 Å². The fourth-order valence-corrected chi connectivity index (χ4v) is 2.82. The molecule has 0 spiro atoms. The number of carbonyl (C=O) groups excluding carboxylic acids is 1. The Morgan fingerprint density at radius 1 is 1.10 bits per heavy atom. The highest BCUT2D eigenvalue weighted by atomic mass is 16.5. The van der Waals surface area contributed by atoms with Crippen LogP contribution in [0.1, 0.15) is 18.9 Å². The zero-order valence-electron chi connectivity index (χ0n) is 18.1. The second-order valence-corrected chi connectivity index (χ2v) is 6.67. The zero-order valence-corrected chi connectivity index (χ0v) is 18.1. The number of carbonyl (C=O) groups is 1. The number of nitrogens with one attached hydrogen (secondary N) is 2. The summed E-state index contributed by atoms with van der Waals surface area (Å²) in [6.07, 6.45) is 0.830. The minimum absolute atomic E-state index is 0.0135. The molecule has 0 radical (unpaired) electrons. The van der Waals surface area contributed by atoms with Crippen molar-refractivity contribution in [1.82, 2.24) is 10.2 Å². The summed E-state index contributed by atoms with van der Waals surface area (Å²) in [6, 6.07) is 17.6. The van der Waals surface area contributed by atoms with Crippen LogP contribution in [0.4, 0.5) is 5.69 Å². The Kier molecular flexibility index (Phi) is 10.2. The number of aliphatic imine (C=N–C) groups is 1. The molecule has 0 unspecified atom stereocenters. The van der Waals surface area contributed by atoms with Crippen LogP contribution in [0, 0.1) is 0 Å². The third-order valence-electron chi connectivity index (χ3n) is 4.44. The van der Waals surface area contributed by atoms with Crippen molar-refractivity contribution in [2.75, 3.05) is 45.8 Å². The SMILES string of the molecule is CCN(Cc1ccccc1)C(=O)CNC(=NC)Nc1cccc(OCCCOC)c1. The summed E-state index contributed by atoms with van der Waals surface area (Å²) < 4.78 is 10.8. The summed E-state index contributed by atoms with van der Waals surface area (Å²) in [7, 11) is 3.35. The molecule has 0 aliphatic carbocycles. The number of guanidine groups is 1. The van der Waals surface area contributed by atoms with Crippen LogP contribution in [-0.4, -0.2) is 57.2 Å². The van der Waals surface area contributed by atoms with Gasteiger partial charge in [0.25, 0.3) is 0 Å². The molecule has 2 aromatic rings. The number of benzene rings is 2. The molecule has 0 saturated carbocycles. The van der Waals surface area contributed by atoms with Gasteiger partial charge in [0.1, 0.15) is 5.75 Å². The van der Waals surface area contributed by atoms with Gasteiger partial charge in [-0.05, 0) is 24.6 Å². The van der Waals surface area contributed by atoms with Gasteiger partial charge in [-0.25, -0.2) is 0 Å². The minimum Gasteiger partial charge on any atom is -0.493 e. The van der Waals surface area contributed by atoms with Gasteiger partial charge in [0.15, 0.2) is 5.96 Å². The maximum atomic E-state index is 12.6. The van der Waals surface area contributed by atoms with Gasteiger partial charge in [0.05, 0.1) is 13.2 Å². The second kappa shape index (κ2) is 13.2. The molecule has 7 nitrogen and oxygen atoms in total. The van der Waals surface area contributed by atoms with E-state index >= 15 is 0 Å². The second-order valence-electron chi connectivity index (χ2n) is 6.67. The number of likely N-dealkylation sites (N-methyl/N-ethyl adjacent to an activating group) is 1. The standard InChI is InChI=1S/C23H32N4O3/c1-4-27(18-19-10-6-5-7-11-19)22(28)17-25-23(24-2)26-20-12-8-13-21(16-20)30-15-9-14-29-3/h5-8,10-13,16H,4,9,14-15,17-18H2,1-3H3,(H2,24,25,26). The van der Waals surface area contributed by atoms with Crippen molar-refractivity contribution in [3.8, 4) is 5.75 Å². The highest BCUT2D eigenvalue weighted by Gasteiger charge is 2.13. The van der Waals surface area contributed by atoms with Crippen LogP contribution < -0.4 is 15.4 Å². The van der Waals surface area contributed by atoms with E-state index in [1.54, 1.807) is 14.2 Å². The molecule has 0 atom stereocenters. The van der Waals surface area contributed by atoms with Crippen molar-refractivity contribution in [3.63, 3.8) is 0 Å². The fraction of sp³-hybridized carbons (Fsp3) is 0.391. The number of rotatable bonds is 11. The Balaban J connectivity index is 1.85. The number of nitrogens with zero attached hydrogens (tertiary/aromatic N) is 2. The average molecular weight is 413 g/mol. The first-order valence-corrected chi connectivity index (χ1v) is 10.2. The van der Waals surface area contributed by atoms with Gasteiger partial charge in [-0.2, -0.15) is 0 Å². The van der Waals surface area contributed by atoms with E-state index in [0.717, 1.165) is 23.4 Å². The lowest BCUT2D eigenvalue weighted by Gasteiger charge is -2.22. The summed E-state index contributed by atoms with van der Waals surface area (Å²) in [5.41, 5.74) is 1.94. The lowest BCUT2D eigenvalue weighted by Crippen LogP contribution is -2.41. The number of hydrogen-bond donors (Lipinski definition) is 2. The fourth-order valence-electron chi connectivity index (χ4n) is 2.82. The lowest BCUT2D eigenvalue weighted by molar-refractivity contribution is -0.130. The van der Waals surface area contributed by atoms with Gasteiger partial charge >= 0.3 is 0 Å². The Bertz CT molecular complexity index is 796. The number of anilines is 1. The molecular weight excluding hydrogens is 380 g/mol. The van der Waals surface area contributed by atoms with Crippen molar-refractivity contribution in [2.24, 2.45) is 4.99 Å². The van der Waals surface area contributed by atoms with Crippen molar-refractivity contribution in [2.45, 2.75) is 19.9 Å². The molecule has 0 fully saturated rings. The lowest BCUT2D eigenvalue weighted by atomic mass is 10.2. The first-order valence-electron chi connectivity index (χ1n) is 10.2. The maximum Gasteiger partial charge on any atom is 0.242 e. The number of methoxy groups -OCH3 is 1. The first kappa shape index (κ1) is 23.2. The highest BCUT2D eigenvalue weighted by Crippen LogP contribution is 2.17. The normalized spacial score (nSPS) is 11.1. The average Bonchev–Trinajstić information content (AvgIpc) is 2.78. The molecule has 0 aliphatic rings. The van der Waals surface area contributed by atoms with Crippen LogP contribution in [0.15, 0.2) is 59.6 Å². The van der Waals surface area contributed by atoms with Gasteiger partial charge in [0.2, 0.25) is 5.91 Å². The molecule has 2 aromatic carbocycles. The van der Waals surface area contributed by atoms with Crippen molar-refractivity contribution < 1.29 is 14.3 Å². The molecule has 7 heteroatoms.